The van der Waals surface area contributed by atoms with Gasteiger partial charge < -0.3 is 20.9 Å². The molecule has 2 fully saturated rings. The van der Waals surface area contributed by atoms with E-state index in [0.717, 1.165) is 5.56 Å². The molecule has 0 bridgehead atoms. The molecule has 0 aromatic heterocycles. The third-order valence-electron chi connectivity index (χ3n) is 5.22. The van der Waals surface area contributed by atoms with Gasteiger partial charge in [0.2, 0.25) is 11.8 Å². The number of fused-ring (bicyclic) bond motifs is 1. The van der Waals surface area contributed by atoms with Crippen LogP contribution in [0.2, 0.25) is 5.02 Å². The van der Waals surface area contributed by atoms with Gasteiger partial charge in [0.05, 0.1) is 6.04 Å². The van der Waals surface area contributed by atoms with Crippen molar-refractivity contribution in [3.63, 3.8) is 0 Å². The number of para-hydroxylation sites is 1. The van der Waals surface area contributed by atoms with Crippen LogP contribution in [-0.4, -0.2) is 47.4 Å². The zero-order valence-electron chi connectivity index (χ0n) is 15.6. The Morgan fingerprint density at radius 1 is 1.10 bits per heavy atom. The number of nitrogens with zero attached hydrogens (tertiary/aromatic N) is 1. The first kappa shape index (κ1) is 19.3. The number of carbonyl (C=O) groups is 3. The van der Waals surface area contributed by atoms with Gasteiger partial charge in [-0.25, -0.2) is 4.79 Å². The van der Waals surface area contributed by atoms with E-state index in [1.807, 2.05) is 30.3 Å². The summed E-state index contributed by atoms with van der Waals surface area (Å²) in [6.45, 7) is 0.316. The molecule has 3 N–H and O–H groups in total. The molecular formula is C21H21ClN4O3. The minimum absolute atomic E-state index is 0.127. The van der Waals surface area contributed by atoms with Crippen LogP contribution in [0.4, 0.5) is 10.5 Å². The molecule has 0 radical (unpaired) electrons. The summed E-state index contributed by atoms with van der Waals surface area (Å²) >= 11 is 5.90. The molecule has 8 heteroatoms. The summed E-state index contributed by atoms with van der Waals surface area (Å²) in [5.41, 5.74) is 1.60. The highest BCUT2D eigenvalue weighted by molar-refractivity contribution is 6.30. The predicted octanol–water partition coefficient (Wildman–Crippen LogP) is 2.17. The van der Waals surface area contributed by atoms with Gasteiger partial charge in [-0.3, -0.25) is 9.59 Å². The van der Waals surface area contributed by atoms with Crippen molar-refractivity contribution in [3.05, 3.63) is 65.2 Å². The second-order valence-electron chi connectivity index (χ2n) is 7.30. The lowest BCUT2D eigenvalue weighted by molar-refractivity contribution is -0.147. The van der Waals surface area contributed by atoms with Crippen molar-refractivity contribution in [1.29, 1.82) is 0 Å². The van der Waals surface area contributed by atoms with Crippen molar-refractivity contribution in [2.24, 2.45) is 0 Å². The Labute approximate surface area is 173 Å². The second kappa shape index (κ2) is 8.13. The van der Waals surface area contributed by atoms with Crippen LogP contribution in [0.15, 0.2) is 54.6 Å². The third kappa shape index (κ3) is 4.35. The highest BCUT2D eigenvalue weighted by Crippen LogP contribution is 2.24. The molecule has 4 rings (SSSR count). The molecule has 2 heterocycles. The van der Waals surface area contributed by atoms with Crippen molar-refractivity contribution in [3.8, 4) is 0 Å². The molecule has 29 heavy (non-hydrogen) atoms. The lowest BCUT2D eigenvalue weighted by Crippen LogP contribution is -2.61. The predicted molar refractivity (Wildman–Crippen MR) is 110 cm³/mol. The van der Waals surface area contributed by atoms with Gasteiger partial charge in [0, 0.05) is 23.7 Å². The van der Waals surface area contributed by atoms with E-state index in [9.17, 15) is 14.4 Å². The Morgan fingerprint density at radius 2 is 1.83 bits per heavy atom. The molecule has 2 aromatic rings. The van der Waals surface area contributed by atoms with E-state index in [4.69, 9.17) is 11.6 Å². The molecule has 4 amide bonds. The van der Waals surface area contributed by atoms with Crippen LogP contribution in [0.5, 0.6) is 0 Å². The van der Waals surface area contributed by atoms with Crippen molar-refractivity contribution in [2.75, 3.05) is 11.9 Å². The van der Waals surface area contributed by atoms with Gasteiger partial charge in [-0.1, -0.05) is 41.9 Å². The highest BCUT2D eigenvalue weighted by atomic mass is 35.5. The Morgan fingerprint density at radius 3 is 2.55 bits per heavy atom. The molecule has 0 spiro atoms. The number of anilines is 1. The van der Waals surface area contributed by atoms with E-state index < -0.39 is 12.1 Å². The van der Waals surface area contributed by atoms with Crippen molar-refractivity contribution in [1.82, 2.24) is 15.5 Å². The van der Waals surface area contributed by atoms with E-state index >= 15 is 0 Å². The maximum Gasteiger partial charge on any atom is 0.319 e. The highest BCUT2D eigenvalue weighted by Gasteiger charge is 2.46. The number of rotatable bonds is 4. The lowest BCUT2D eigenvalue weighted by Gasteiger charge is -2.34. The van der Waals surface area contributed by atoms with Crippen LogP contribution in [0.3, 0.4) is 0 Å². The van der Waals surface area contributed by atoms with Crippen LogP contribution in [-0.2, 0) is 16.0 Å². The average molecular weight is 413 g/mol. The van der Waals surface area contributed by atoms with Gasteiger partial charge in [0.15, 0.2) is 0 Å². The Hall–Kier alpha value is -3.06. The van der Waals surface area contributed by atoms with Crippen molar-refractivity contribution < 1.29 is 14.4 Å². The number of carbonyl (C=O) groups excluding carboxylic acids is 3. The Balaban J connectivity index is 1.37. The van der Waals surface area contributed by atoms with Gasteiger partial charge in [-0.15, -0.1) is 0 Å². The monoisotopic (exact) mass is 412 g/mol. The van der Waals surface area contributed by atoms with E-state index in [0.29, 0.717) is 30.1 Å². The molecule has 2 aliphatic rings. The maximum atomic E-state index is 12.9. The molecule has 2 aromatic carbocycles. The zero-order valence-corrected chi connectivity index (χ0v) is 16.4. The van der Waals surface area contributed by atoms with Gasteiger partial charge in [-0.2, -0.15) is 0 Å². The lowest BCUT2D eigenvalue weighted by atomic mass is 10.0. The molecule has 0 aliphatic carbocycles. The van der Waals surface area contributed by atoms with E-state index in [1.54, 1.807) is 29.2 Å². The van der Waals surface area contributed by atoms with Gasteiger partial charge in [0.1, 0.15) is 12.1 Å². The zero-order chi connectivity index (χ0) is 20.4. The fourth-order valence-corrected chi connectivity index (χ4v) is 3.96. The minimum Gasteiger partial charge on any atom is -0.342 e. The Kier molecular flexibility index (Phi) is 5.40. The van der Waals surface area contributed by atoms with E-state index in [2.05, 4.69) is 16.0 Å². The first-order valence-electron chi connectivity index (χ1n) is 9.47. The van der Waals surface area contributed by atoms with Gasteiger partial charge in [-0.05, 0) is 36.2 Å². The first-order valence-corrected chi connectivity index (χ1v) is 9.85. The number of urea groups is 1. The number of benzene rings is 2. The summed E-state index contributed by atoms with van der Waals surface area (Å²) in [7, 11) is 0. The number of nitrogens with one attached hydrogen (secondary N) is 3. The average Bonchev–Trinajstić information content (AvgIpc) is 3.13. The normalized spacial score (nSPS) is 23.3. The molecule has 0 unspecified atom stereocenters. The number of piperazine rings is 1. The largest absolute Gasteiger partial charge is 0.342 e. The topological polar surface area (TPSA) is 90.5 Å². The van der Waals surface area contributed by atoms with Gasteiger partial charge in [0.25, 0.3) is 0 Å². The molecule has 3 atom stereocenters. The Bertz CT molecular complexity index is 919. The van der Waals surface area contributed by atoms with Crippen LogP contribution in [0, 0.1) is 0 Å². The summed E-state index contributed by atoms with van der Waals surface area (Å²) < 4.78 is 0. The summed E-state index contributed by atoms with van der Waals surface area (Å²) in [5.74, 6) is -0.311. The van der Waals surface area contributed by atoms with Crippen LogP contribution in [0.1, 0.15) is 12.0 Å². The maximum absolute atomic E-state index is 12.9. The SMILES string of the molecule is O=C(Nc1ccccc1)N[C@H]1C[C@H]2C(=O)N[C@@H](Cc3ccc(Cl)cc3)C(=O)N2C1. The number of hydrogen-bond acceptors (Lipinski definition) is 3. The molecule has 150 valence electrons. The fraction of sp³-hybridized carbons (Fsp3) is 0.286. The molecule has 7 nitrogen and oxygen atoms in total. The number of amides is 4. The number of hydrogen-bond donors (Lipinski definition) is 3. The summed E-state index contributed by atoms with van der Waals surface area (Å²) in [6.07, 6.45) is 0.797. The van der Waals surface area contributed by atoms with E-state index in [1.165, 1.54) is 0 Å². The first-order chi connectivity index (χ1) is 14.0. The molecule has 0 saturated carbocycles. The smallest absolute Gasteiger partial charge is 0.319 e. The fourth-order valence-electron chi connectivity index (χ4n) is 3.83. The van der Waals surface area contributed by atoms with Gasteiger partial charge >= 0.3 is 6.03 Å². The van der Waals surface area contributed by atoms with Crippen LogP contribution < -0.4 is 16.0 Å². The summed E-state index contributed by atoms with van der Waals surface area (Å²) in [5, 5.41) is 9.05. The number of halogens is 1. The summed E-state index contributed by atoms with van der Waals surface area (Å²) in [4.78, 5) is 39.3. The third-order valence-corrected chi connectivity index (χ3v) is 5.47. The standard InChI is InChI=1S/C21H21ClN4O3/c22-14-8-6-13(7-9-14)10-17-20(28)26-12-16(11-18(26)19(27)25-17)24-21(29)23-15-4-2-1-3-5-15/h1-9,16-18H,10-12H2,(H,25,27)(H2,23,24,29)/t16-,17-,18-/m0/s1. The molecule has 2 saturated heterocycles. The van der Waals surface area contributed by atoms with Crippen molar-refractivity contribution in [2.45, 2.75) is 31.0 Å². The van der Waals surface area contributed by atoms with Crippen LogP contribution in [0.25, 0.3) is 0 Å². The summed E-state index contributed by atoms with van der Waals surface area (Å²) in [6, 6.07) is 14.5. The van der Waals surface area contributed by atoms with Crippen molar-refractivity contribution >= 4 is 35.1 Å². The second-order valence-corrected chi connectivity index (χ2v) is 7.73. The molecule has 2 aliphatic heterocycles. The molecular weight excluding hydrogens is 392 g/mol. The van der Waals surface area contributed by atoms with E-state index in [-0.39, 0.29) is 23.9 Å². The van der Waals surface area contributed by atoms with Crippen LogP contribution >= 0.6 is 11.6 Å². The minimum atomic E-state index is -0.614. The quantitative estimate of drug-likeness (QED) is 0.718.